The number of carbonyl (C=O) groups is 2. The minimum absolute atomic E-state index is 0.0199. The molecule has 3 aliphatic heterocycles. The van der Waals surface area contributed by atoms with Gasteiger partial charge in [-0.15, -0.1) is 0 Å². The number of nitrogens with zero attached hydrogens (tertiary/aromatic N) is 2. The van der Waals surface area contributed by atoms with E-state index in [0.717, 1.165) is 12.1 Å². The van der Waals surface area contributed by atoms with Gasteiger partial charge in [-0.05, 0) is 18.6 Å². The minimum atomic E-state index is -4.61. The molecule has 1 aromatic carbocycles. The third-order valence-corrected chi connectivity index (χ3v) is 6.15. The van der Waals surface area contributed by atoms with Gasteiger partial charge in [0, 0.05) is 24.6 Å². The summed E-state index contributed by atoms with van der Waals surface area (Å²) in [4.78, 5) is 27.5. The summed E-state index contributed by atoms with van der Waals surface area (Å²) in [5.74, 6) is -1.27. The molecule has 0 aliphatic carbocycles. The molecule has 3 heterocycles. The van der Waals surface area contributed by atoms with Crippen LogP contribution in [-0.2, 0) is 22.3 Å². The van der Waals surface area contributed by atoms with Gasteiger partial charge in [0.1, 0.15) is 5.82 Å². The molecule has 3 aliphatic rings. The fraction of sp³-hybridized carbons (Fsp3) is 0.600. The van der Waals surface area contributed by atoms with Gasteiger partial charge in [-0.1, -0.05) is 6.07 Å². The van der Waals surface area contributed by atoms with E-state index in [0.29, 0.717) is 38.7 Å². The summed E-state index contributed by atoms with van der Waals surface area (Å²) in [5.41, 5.74) is -1.04. The number of amides is 3. The molecule has 3 atom stereocenters. The van der Waals surface area contributed by atoms with E-state index in [1.54, 1.807) is 9.80 Å². The van der Waals surface area contributed by atoms with E-state index in [2.05, 4.69) is 5.32 Å². The third kappa shape index (κ3) is 4.62. The number of carbonyl (C=O) groups excluding carboxylic acids is 2. The van der Waals surface area contributed by atoms with Crippen LogP contribution in [0.3, 0.4) is 0 Å². The fourth-order valence-electron chi connectivity index (χ4n) is 4.31. The summed E-state index contributed by atoms with van der Waals surface area (Å²) in [6.45, 7) is 1.20. The molecule has 7 nitrogen and oxygen atoms in total. The molecule has 0 aromatic heterocycles. The number of hydrogen-bond donors (Lipinski definition) is 2. The van der Waals surface area contributed by atoms with Gasteiger partial charge >= 0.3 is 12.2 Å². The lowest BCUT2D eigenvalue weighted by Crippen LogP contribution is -2.64. The Hall–Kier alpha value is -2.40. The molecule has 3 saturated heterocycles. The first-order valence-corrected chi connectivity index (χ1v) is 10.1. The molecule has 2 N–H and O–H groups in total. The molecular weight excluding hydrogens is 422 g/mol. The van der Waals surface area contributed by atoms with E-state index in [9.17, 15) is 32.3 Å². The van der Waals surface area contributed by atoms with Gasteiger partial charge < -0.3 is 25.0 Å². The molecule has 3 amide bonds. The second-order valence-electron chi connectivity index (χ2n) is 8.27. The predicted octanol–water partition coefficient (Wildman–Crippen LogP) is 1.74. The molecule has 0 bridgehead atoms. The molecular formula is C20H23F4N3O4. The molecule has 2 unspecified atom stereocenters. The molecule has 0 saturated carbocycles. The Kier molecular flexibility index (Phi) is 5.82. The van der Waals surface area contributed by atoms with Crippen LogP contribution in [0.1, 0.15) is 24.0 Å². The Morgan fingerprint density at radius 2 is 1.97 bits per heavy atom. The summed E-state index contributed by atoms with van der Waals surface area (Å²) < 4.78 is 57.2. The number of hydrogen-bond acceptors (Lipinski definition) is 4. The second kappa shape index (κ2) is 8.27. The third-order valence-electron chi connectivity index (χ3n) is 6.15. The van der Waals surface area contributed by atoms with E-state index in [1.807, 2.05) is 0 Å². The molecule has 170 valence electrons. The SMILES string of the molecule is O=C1CC(O)[C@H]2CCN(C(=O)N3CC(OCc4ccc(C(F)(F)F)cc4F)C3)CC2N1. The molecule has 0 radical (unpaired) electrons. The van der Waals surface area contributed by atoms with Gasteiger partial charge in [-0.25, -0.2) is 9.18 Å². The smallest absolute Gasteiger partial charge is 0.392 e. The zero-order valence-corrected chi connectivity index (χ0v) is 16.6. The molecule has 3 fully saturated rings. The van der Waals surface area contributed by atoms with Gasteiger partial charge in [0.15, 0.2) is 0 Å². The Morgan fingerprint density at radius 3 is 2.65 bits per heavy atom. The Balaban J connectivity index is 1.24. The fourth-order valence-corrected chi connectivity index (χ4v) is 4.31. The highest BCUT2D eigenvalue weighted by Crippen LogP contribution is 2.31. The maximum Gasteiger partial charge on any atom is 0.416 e. The van der Waals surface area contributed by atoms with E-state index < -0.39 is 23.7 Å². The number of likely N-dealkylation sites (tertiary alicyclic amines) is 2. The Bertz CT molecular complexity index is 859. The van der Waals surface area contributed by atoms with Gasteiger partial charge in [0.25, 0.3) is 0 Å². The molecule has 11 heteroatoms. The van der Waals surface area contributed by atoms with Gasteiger partial charge in [-0.2, -0.15) is 13.2 Å². The van der Waals surface area contributed by atoms with Crippen molar-refractivity contribution in [2.24, 2.45) is 5.92 Å². The highest BCUT2D eigenvalue weighted by Gasteiger charge is 2.42. The Labute approximate surface area is 175 Å². The van der Waals surface area contributed by atoms with Crippen LogP contribution in [0, 0.1) is 11.7 Å². The van der Waals surface area contributed by atoms with Crippen molar-refractivity contribution in [1.29, 1.82) is 0 Å². The number of alkyl halides is 3. The first-order valence-electron chi connectivity index (χ1n) is 10.1. The van der Waals surface area contributed by atoms with Gasteiger partial charge in [0.05, 0.1) is 49.9 Å². The van der Waals surface area contributed by atoms with Crippen molar-refractivity contribution in [3.05, 3.63) is 35.1 Å². The van der Waals surface area contributed by atoms with Crippen LogP contribution in [0.5, 0.6) is 0 Å². The van der Waals surface area contributed by atoms with Crippen LogP contribution in [0.4, 0.5) is 22.4 Å². The number of fused-ring (bicyclic) bond motifs is 1. The summed E-state index contributed by atoms with van der Waals surface area (Å²) in [6.07, 6.45) is -4.96. The summed E-state index contributed by atoms with van der Waals surface area (Å²) in [6, 6.07) is 1.83. The number of benzene rings is 1. The van der Waals surface area contributed by atoms with Crippen LogP contribution >= 0.6 is 0 Å². The monoisotopic (exact) mass is 445 g/mol. The summed E-state index contributed by atoms with van der Waals surface area (Å²) in [5, 5.41) is 12.9. The number of aliphatic hydroxyl groups excluding tert-OH is 1. The predicted molar refractivity (Wildman–Crippen MR) is 99.2 cm³/mol. The average Bonchev–Trinajstić information content (AvgIpc) is 2.66. The van der Waals surface area contributed by atoms with Crippen molar-refractivity contribution >= 4 is 11.9 Å². The summed E-state index contributed by atoms with van der Waals surface area (Å²) >= 11 is 0. The normalized spacial score (nSPS) is 26.9. The van der Waals surface area contributed by atoms with Crippen molar-refractivity contribution < 1.29 is 37.0 Å². The highest BCUT2D eigenvalue weighted by atomic mass is 19.4. The molecule has 1 aromatic rings. The average molecular weight is 445 g/mol. The lowest BCUT2D eigenvalue weighted by Gasteiger charge is -2.47. The Morgan fingerprint density at radius 1 is 1.23 bits per heavy atom. The lowest BCUT2D eigenvalue weighted by molar-refractivity contribution is -0.137. The zero-order valence-electron chi connectivity index (χ0n) is 16.6. The zero-order chi connectivity index (χ0) is 22.3. The highest BCUT2D eigenvalue weighted by molar-refractivity contribution is 5.79. The van der Waals surface area contributed by atoms with Crippen molar-refractivity contribution in [1.82, 2.24) is 15.1 Å². The van der Waals surface area contributed by atoms with Crippen molar-refractivity contribution in [3.8, 4) is 0 Å². The van der Waals surface area contributed by atoms with Crippen molar-refractivity contribution in [2.75, 3.05) is 26.2 Å². The second-order valence-corrected chi connectivity index (χ2v) is 8.27. The van der Waals surface area contributed by atoms with Crippen molar-refractivity contribution in [2.45, 2.75) is 43.9 Å². The molecule has 31 heavy (non-hydrogen) atoms. The van der Waals surface area contributed by atoms with Crippen LogP contribution in [-0.4, -0.2) is 71.3 Å². The van der Waals surface area contributed by atoms with E-state index in [4.69, 9.17) is 4.74 Å². The first-order chi connectivity index (χ1) is 14.6. The standard InChI is InChI=1S/C20H23F4N3O4/c21-15-5-12(20(22,23)24)2-1-11(15)10-31-13-7-27(8-13)19(30)26-4-3-14-16(9-26)25-18(29)6-17(14)28/h1-2,5,13-14,16-17,28H,3-4,6-10H2,(H,25,29)/t14-,16?,17?/m0/s1. The largest absolute Gasteiger partial charge is 0.416 e. The van der Waals surface area contributed by atoms with Crippen molar-refractivity contribution in [3.63, 3.8) is 0 Å². The number of rotatable bonds is 3. The van der Waals surface area contributed by atoms with Crippen LogP contribution in [0.15, 0.2) is 18.2 Å². The van der Waals surface area contributed by atoms with E-state index in [-0.39, 0.29) is 48.6 Å². The van der Waals surface area contributed by atoms with Gasteiger partial charge in [0.2, 0.25) is 5.91 Å². The lowest BCUT2D eigenvalue weighted by atomic mass is 9.82. The quantitative estimate of drug-likeness (QED) is 0.695. The summed E-state index contributed by atoms with van der Waals surface area (Å²) in [7, 11) is 0. The van der Waals surface area contributed by atoms with Crippen LogP contribution in [0.25, 0.3) is 0 Å². The number of piperidine rings is 2. The number of halogens is 4. The number of ether oxygens (including phenoxy) is 1. The van der Waals surface area contributed by atoms with E-state index >= 15 is 0 Å². The number of urea groups is 1. The maximum atomic E-state index is 13.9. The molecule has 4 rings (SSSR count). The molecule has 0 spiro atoms. The van der Waals surface area contributed by atoms with Crippen LogP contribution in [0.2, 0.25) is 0 Å². The number of nitrogens with one attached hydrogen (secondary N) is 1. The maximum absolute atomic E-state index is 13.9. The first kappa shape index (κ1) is 21.8. The topological polar surface area (TPSA) is 82.1 Å². The minimum Gasteiger partial charge on any atom is -0.392 e. The van der Waals surface area contributed by atoms with E-state index in [1.165, 1.54) is 0 Å². The van der Waals surface area contributed by atoms with Gasteiger partial charge in [-0.3, -0.25) is 4.79 Å². The van der Waals surface area contributed by atoms with Crippen LogP contribution < -0.4 is 5.32 Å². The number of aliphatic hydroxyl groups is 1.